The minimum absolute atomic E-state index is 0.0861. The minimum Gasteiger partial charge on any atom is -0.493 e. The van der Waals surface area contributed by atoms with Crippen LogP contribution in [-0.4, -0.2) is 30.9 Å². The number of hydrogen-bond acceptors (Lipinski definition) is 4. The second-order valence-electron chi connectivity index (χ2n) is 6.72. The van der Waals surface area contributed by atoms with Gasteiger partial charge in [-0.2, -0.15) is 0 Å². The van der Waals surface area contributed by atoms with Gasteiger partial charge in [0.2, 0.25) is 0 Å². The fourth-order valence-corrected chi connectivity index (χ4v) is 2.38. The summed E-state index contributed by atoms with van der Waals surface area (Å²) < 4.78 is 10.7. The highest BCUT2D eigenvalue weighted by Crippen LogP contribution is 2.26. The Morgan fingerprint density at radius 1 is 1.45 bits per heavy atom. The van der Waals surface area contributed by atoms with Crippen LogP contribution >= 0.6 is 0 Å². The monoisotopic (exact) mass is 306 g/mol. The van der Waals surface area contributed by atoms with E-state index in [1.54, 1.807) is 0 Å². The highest BCUT2D eigenvalue weighted by molar-refractivity contribution is 5.67. The highest BCUT2D eigenvalue weighted by Gasteiger charge is 2.17. The number of benzene rings is 1. The molecule has 5 heteroatoms. The van der Waals surface area contributed by atoms with Gasteiger partial charge >= 0.3 is 6.09 Å². The zero-order chi connectivity index (χ0) is 16.2. The van der Waals surface area contributed by atoms with Crippen LogP contribution in [0.4, 0.5) is 4.79 Å². The molecule has 0 aromatic heterocycles. The number of carbonyl (C=O) groups is 1. The Morgan fingerprint density at radius 2 is 2.23 bits per heavy atom. The number of alkyl carbamates (subject to hydrolysis) is 1. The van der Waals surface area contributed by atoms with E-state index < -0.39 is 11.7 Å². The molecule has 3 N–H and O–H groups in total. The van der Waals surface area contributed by atoms with Crippen LogP contribution in [0.2, 0.25) is 0 Å². The third-order valence-electron chi connectivity index (χ3n) is 3.47. The van der Waals surface area contributed by atoms with Gasteiger partial charge in [0.15, 0.2) is 0 Å². The molecule has 122 valence electrons. The van der Waals surface area contributed by atoms with E-state index in [0.717, 1.165) is 31.6 Å². The maximum absolute atomic E-state index is 11.6. The average Bonchev–Trinajstić information content (AvgIpc) is 2.88. The van der Waals surface area contributed by atoms with Gasteiger partial charge in [0.1, 0.15) is 11.4 Å². The lowest BCUT2D eigenvalue weighted by atomic mass is 10.0. The van der Waals surface area contributed by atoms with Gasteiger partial charge in [0, 0.05) is 19.0 Å². The molecule has 1 aliphatic heterocycles. The van der Waals surface area contributed by atoms with Gasteiger partial charge in [-0.1, -0.05) is 12.1 Å². The van der Waals surface area contributed by atoms with Crippen LogP contribution in [0.5, 0.6) is 5.75 Å². The van der Waals surface area contributed by atoms with Gasteiger partial charge in [-0.05, 0) is 50.8 Å². The Bertz CT molecular complexity index is 523. The maximum Gasteiger partial charge on any atom is 0.407 e. The highest BCUT2D eigenvalue weighted by atomic mass is 16.6. The molecule has 0 aliphatic carbocycles. The van der Waals surface area contributed by atoms with Crippen LogP contribution in [0.3, 0.4) is 0 Å². The van der Waals surface area contributed by atoms with Crippen molar-refractivity contribution in [2.45, 2.75) is 51.7 Å². The van der Waals surface area contributed by atoms with E-state index in [1.165, 1.54) is 11.1 Å². The van der Waals surface area contributed by atoms with Gasteiger partial charge in [-0.3, -0.25) is 0 Å². The third-order valence-corrected chi connectivity index (χ3v) is 3.47. The van der Waals surface area contributed by atoms with Gasteiger partial charge in [0.05, 0.1) is 6.61 Å². The maximum atomic E-state index is 11.6. The number of carbonyl (C=O) groups excluding carboxylic acids is 1. The molecule has 0 bridgehead atoms. The number of aryl methyl sites for hydroxylation is 1. The number of hydrogen-bond donors (Lipinski definition) is 2. The van der Waals surface area contributed by atoms with E-state index in [2.05, 4.69) is 17.4 Å². The quantitative estimate of drug-likeness (QED) is 0.876. The zero-order valence-corrected chi connectivity index (χ0v) is 13.6. The second kappa shape index (κ2) is 7.01. The van der Waals surface area contributed by atoms with E-state index in [9.17, 15) is 4.79 Å². The molecule has 0 spiro atoms. The molecule has 1 aromatic carbocycles. The first-order valence-corrected chi connectivity index (χ1v) is 7.80. The summed E-state index contributed by atoms with van der Waals surface area (Å²) in [5.74, 6) is 1.000. The summed E-state index contributed by atoms with van der Waals surface area (Å²) in [6.45, 7) is 6.71. The molecule has 1 unspecified atom stereocenters. The largest absolute Gasteiger partial charge is 0.493 e. The molecule has 1 atom stereocenters. The van der Waals surface area contributed by atoms with Crippen molar-refractivity contribution in [3.63, 3.8) is 0 Å². The van der Waals surface area contributed by atoms with Gasteiger partial charge in [-0.25, -0.2) is 4.79 Å². The Hall–Kier alpha value is -1.75. The van der Waals surface area contributed by atoms with E-state index in [4.69, 9.17) is 15.2 Å². The SMILES string of the molecule is CC(C)(C)OC(=O)NCC(N)CCc1ccc2c(c1)CCO2. The van der Waals surface area contributed by atoms with Crippen LogP contribution in [0, 0.1) is 0 Å². The van der Waals surface area contributed by atoms with Crippen molar-refractivity contribution in [1.29, 1.82) is 0 Å². The Kier molecular flexibility index (Phi) is 5.29. The minimum atomic E-state index is -0.485. The summed E-state index contributed by atoms with van der Waals surface area (Å²) >= 11 is 0. The summed E-state index contributed by atoms with van der Waals surface area (Å²) in [5, 5.41) is 2.71. The molecule has 5 nitrogen and oxygen atoms in total. The molecule has 1 aliphatic rings. The van der Waals surface area contributed by atoms with Gasteiger partial charge in [0.25, 0.3) is 0 Å². The predicted molar refractivity (Wildman–Crippen MR) is 86.2 cm³/mol. The van der Waals surface area contributed by atoms with E-state index >= 15 is 0 Å². The number of rotatable bonds is 5. The first-order chi connectivity index (χ1) is 10.3. The van der Waals surface area contributed by atoms with Crippen molar-refractivity contribution in [2.75, 3.05) is 13.2 Å². The molecule has 1 amide bonds. The number of fused-ring (bicyclic) bond motifs is 1. The summed E-state index contributed by atoms with van der Waals surface area (Å²) in [4.78, 5) is 11.6. The molecule has 0 fully saturated rings. The predicted octanol–water partition coefficient (Wildman–Crippen LogP) is 2.41. The van der Waals surface area contributed by atoms with Crippen molar-refractivity contribution in [1.82, 2.24) is 5.32 Å². The second-order valence-corrected chi connectivity index (χ2v) is 6.72. The Balaban J connectivity index is 1.71. The molecular formula is C17H26N2O3. The fraction of sp³-hybridized carbons (Fsp3) is 0.588. The molecule has 22 heavy (non-hydrogen) atoms. The molecule has 0 saturated heterocycles. The first-order valence-electron chi connectivity index (χ1n) is 7.80. The standard InChI is InChI=1S/C17H26N2O3/c1-17(2,3)22-16(20)19-11-14(18)6-4-12-5-7-15-13(10-12)8-9-21-15/h5,7,10,14H,4,6,8-9,11,18H2,1-3H3,(H,19,20). The lowest BCUT2D eigenvalue weighted by Gasteiger charge is -2.20. The smallest absolute Gasteiger partial charge is 0.407 e. The summed E-state index contributed by atoms with van der Waals surface area (Å²) in [6, 6.07) is 6.22. The Morgan fingerprint density at radius 3 is 2.95 bits per heavy atom. The molecular weight excluding hydrogens is 280 g/mol. The van der Waals surface area contributed by atoms with Crippen molar-refractivity contribution < 1.29 is 14.3 Å². The van der Waals surface area contributed by atoms with Crippen LogP contribution in [-0.2, 0) is 17.6 Å². The zero-order valence-electron chi connectivity index (χ0n) is 13.6. The van der Waals surface area contributed by atoms with Crippen molar-refractivity contribution in [2.24, 2.45) is 5.73 Å². The normalized spacial score (nSPS) is 14.9. The van der Waals surface area contributed by atoms with Crippen LogP contribution in [0.15, 0.2) is 18.2 Å². The van der Waals surface area contributed by atoms with Crippen LogP contribution < -0.4 is 15.8 Å². The van der Waals surface area contributed by atoms with Crippen molar-refractivity contribution in [3.05, 3.63) is 29.3 Å². The summed E-state index contributed by atoms with van der Waals surface area (Å²) in [5.41, 5.74) is 8.10. The van der Waals surface area contributed by atoms with E-state index in [0.29, 0.717) is 6.54 Å². The Labute approximate surface area is 132 Å². The number of nitrogens with one attached hydrogen (secondary N) is 1. The van der Waals surface area contributed by atoms with Gasteiger partial charge < -0.3 is 20.5 Å². The number of ether oxygens (including phenoxy) is 2. The summed E-state index contributed by atoms with van der Waals surface area (Å²) in [6.07, 6.45) is 2.27. The number of nitrogens with two attached hydrogens (primary N) is 1. The molecule has 2 rings (SSSR count). The summed E-state index contributed by atoms with van der Waals surface area (Å²) in [7, 11) is 0. The van der Waals surface area contributed by atoms with E-state index in [1.807, 2.05) is 26.8 Å². The molecule has 0 radical (unpaired) electrons. The molecule has 1 heterocycles. The van der Waals surface area contributed by atoms with Crippen LogP contribution in [0.1, 0.15) is 38.3 Å². The van der Waals surface area contributed by atoms with Crippen molar-refractivity contribution in [3.8, 4) is 5.75 Å². The van der Waals surface area contributed by atoms with Gasteiger partial charge in [-0.15, -0.1) is 0 Å². The van der Waals surface area contributed by atoms with Crippen LogP contribution in [0.25, 0.3) is 0 Å². The first kappa shape index (κ1) is 16.6. The topological polar surface area (TPSA) is 73.6 Å². The molecule has 1 aromatic rings. The third kappa shape index (κ3) is 5.22. The fourth-order valence-electron chi connectivity index (χ4n) is 2.38. The van der Waals surface area contributed by atoms with Crippen molar-refractivity contribution >= 4 is 6.09 Å². The lowest BCUT2D eigenvalue weighted by Crippen LogP contribution is -2.40. The average molecular weight is 306 g/mol. The molecule has 0 saturated carbocycles. The number of amides is 1. The van der Waals surface area contributed by atoms with E-state index in [-0.39, 0.29) is 6.04 Å². The lowest BCUT2D eigenvalue weighted by molar-refractivity contribution is 0.0524.